The van der Waals surface area contributed by atoms with E-state index in [2.05, 4.69) is 27.7 Å². The van der Waals surface area contributed by atoms with Gasteiger partial charge >= 0.3 is 5.97 Å². The Labute approximate surface area is 193 Å². The average Bonchev–Trinajstić information content (AvgIpc) is 2.84. The van der Waals surface area contributed by atoms with Crippen molar-refractivity contribution in [3.8, 4) is 0 Å². The molecule has 1 aliphatic heterocycles. The second kappa shape index (κ2) is 7.04. The molecule has 0 aromatic rings. The standard InChI is InChI=1S/C27H42O5/c1-15-18(29)12-17-21(30)22(15)32-27(17)11-8-20-25(5,14-27)13-19(31-16(2)28)23-24(3,4)9-7-10-26(20,23)6/h15,17,19-23,30H,7-14H2,1-6H3/t15-,17+,19-,20+,21+,22-,23+,25+,26-,27-/m0/s1. The van der Waals surface area contributed by atoms with Crippen molar-refractivity contribution in [1.29, 1.82) is 0 Å². The molecule has 4 aliphatic carbocycles. The van der Waals surface area contributed by atoms with Crippen molar-refractivity contribution in [2.45, 2.75) is 117 Å². The SMILES string of the molecule is CC(=O)O[C@H]1C[C@]2(C)C[C@]3(CC[C@H]2[C@]2(C)CCCC(C)(C)[C@@H]12)O[C@@H]1[C@H](O)[C@H]3CC(=O)[C@@H]1C. The van der Waals surface area contributed by atoms with Gasteiger partial charge in [-0.3, -0.25) is 9.59 Å². The van der Waals surface area contributed by atoms with Crippen molar-refractivity contribution in [2.75, 3.05) is 0 Å². The number of carbonyl (C=O) groups excluding carboxylic acids is 2. The Bertz CT molecular complexity index is 821. The Kier molecular flexibility index (Phi) is 5.02. The predicted octanol–water partition coefficient (Wildman–Crippen LogP) is 4.68. The van der Waals surface area contributed by atoms with Crippen molar-refractivity contribution < 1.29 is 24.2 Å². The van der Waals surface area contributed by atoms with Gasteiger partial charge in [-0.25, -0.2) is 0 Å². The summed E-state index contributed by atoms with van der Waals surface area (Å²) < 4.78 is 12.8. The Morgan fingerprint density at radius 1 is 1.16 bits per heavy atom. The highest BCUT2D eigenvalue weighted by Crippen LogP contribution is 2.70. The van der Waals surface area contributed by atoms with Crippen molar-refractivity contribution in [1.82, 2.24) is 0 Å². The molecule has 0 aromatic heterocycles. The second-order valence-corrected chi connectivity index (χ2v) is 13.3. The Morgan fingerprint density at radius 3 is 2.56 bits per heavy atom. The maximum absolute atomic E-state index is 12.6. The molecule has 1 heterocycles. The Morgan fingerprint density at radius 2 is 1.88 bits per heavy atom. The third-order valence-corrected chi connectivity index (χ3v) is 10.9. The van der Waals surface area contributed by atoms with E-state index in [1.807, 2.05) is 6.92 Å². The van der Waals surface area contributed by atoms with E-state index in [4.69, 9.17) is 9.47 Å². The zero-order valence-electron chi connectivity index (χ0n) is 20.8. The van der Waals surface area contributed by atoms with Gasteiger partial charge in [0, 0.05) is 31.1 Å². The summed E-state index contributed by atoms with van der Waals surface area (Å²) in [4.78, 5) is 24.8. The highest BCUT2D eigenvalue weighted by atomic mass is 16.5. The lowest BCUT2D eigenvalue weighted by atomic mass is 9.39. The van der Waals surface area contributed by atoms with Crippen LogP contribution in [0.1, 0.15) is 92.9 Å². The molecule has 1 spiro atoms. The molecule has 5 aliphatic rings. The number of hydrogen-bond acceptors (Lipinski definition) is 5. The zero-order chi connectivity index (χ0) is 23.3. The van der Waals surface area contributed by atoms with Gasteiger partial charge in [0.1, 0.15) is 11.9 Å². The van der Waals surface area contributed by atoms with E-state index in [9.17, 15) is 14.7 Å². The van der Waals surface area contributed by atoms with Crippen LogP contribution in [0.5, 0.6) is 0 Å². The summed E-state index contributed by atoms with van der Waals surface area (Å²) in [5, 5.41) is 11.0. The number of rotatable bonds is 1. The molecular weight excluding hydrogens is 404 g/mol. The molecule has 0 aromatic carbocycles. The third-order valence-electron chi connectivity index (χ3n) is 10.9. The Hall–Kier alpha value is -0.940. The molecule has 4 saturated carbocycles. The fraction of sp³-hybridized carbons (Fsp3) is 0.926. The van der Waals surface area contributed by atoms with Crippen LogP contribution >= 0.6 is 0 Å². The molecule has 180 valence electrons. The van der Waals surface area contributed by atoms with Gasteiger partial charge < -0.3 is 14.6 Å². The van der Waals surface area contributed by atoms with Crippen LogP contribution in [-0.2, 0) is 19.1 Å². The summed E-state index contributed by atoms with van der Waals surface area (Å²) in [5.74, 6) is 0.606. The summed E-state index contributed by atoms with van der Waals surface area (Å²) in [6.07, 6.45) is 6.68. The molecule has 10 atom stereocenters. The quantitative estimate of drug-likeness (QED) is 0.592. The van der Waals surface area contributed by atoms with E-state index in [0.717, 1.165) is 25.7 Å². The zero-order valence-corrected chi connectivity index (χ0v) is 20.8. The first-order valence-electron chi connectivity index (χ1n) is 12.9. The van der Waals surface area contributed by atoms with Crippen LogP contribution in [0.2, 0.25) is 0 Å². The first-order chi connectivity index (χ1) is 14.8. The van der Waals surface area contributed by atoms with E-state index < -0.39 is 11.7 Å². The van der Waals surface area contributed by atoms with Crippen LogP contribution in [0.25, 0.3) is 0 Å². The molecule has 2 bridgehead atoms. The number of esters is 1. The normalized spacial score (nSPS) is 54.1. The maximum Gasteiger partial charge on any atom is 0.302 e. The molecule has 0 radical (unpaired) electrons. The number of ketones is 1. The van der Waals surface area contributed by atoms with Crippen molar-refractivity contribution >= 4 is 11.8 Å². The minimum Gasteiger partial charge on any atom is -0.462 e. The molecule has 1 saturated heterocycles. The van der Waals surface area contributed by atoms with Crippen LogP contribution in [-0.4, -0.2) is 40.8 Å². The van der Waals surface area contributed by atoms with Gasteiger partial charge in [-0.2, -0.15) is 0 Å². The molecular formula is C27H42O5. The number of aliphatic hydroxyl groups is 1. The molecule has 0 unspecified atom stereocenters. The number of carbonyl (C=O) groups is 2. The van der Waals surface area contributed by atoms with E-state index in [0.29, 0.717) is 18.3 Å². The van der Waals surface area contributed by atoms with Gasteiger partial charge in [-0.1, -0.05) is 41.0 Å². The molecule has 32 heavy (non-hydrogen) atoms. The lowest BCUT2D eigenvalue weighted by Gasteiger charge is -2.67. The van der Waals surface area contributed by atoms with Crippen LogP contribution < -0.4 is 0 Å². The molecule has 0 amide bonds. The first kappa shape index (κ1) is 22.8. The van der Waals surface area contributed by atoms with Gasteiger partial charge in [0.05, 0.1) is 17.8 Å². The van der Waals surface area contributed by atoms with Gasteiger partial charge in [-0.15, -0.1) is 0 Å². The smallest absolute Gasteiger partial charge is 0.302 e. The van der Waals surface area contributed by atoms with E-state index in [1.54, 1.807) is 0 Å². The van der Waals surface area contributed by atoms with Crippen molar-refractivity contribution in [3.63, 3.8) is 0 Å². The van der Waals surface area contributed by atoms with E-state index in [1.165, 1.54) is 26.2 Å². The minimum absolute atomic E-state index is 0.0411. The first-order valence-corrected chi connectivity index (χ1v) is 12.9. The highest BCUT2D eigenvalue weighted by molar-refractivity contribution is 5.83. The topological polar surface area (TPSA) is 72.8 Å². The van der Waals surface area contributed by atoms with E-state index >= 15 is 0 Å². The van der Waals surface area contributed by atoms with Crippen LogP contribution in [0.15, 0.2) is 0 Å². The molecule has 1 N–H and O–H groups in total. The fourth-order valence-electron chi connectivity index (χ4n) is 10.00. The summed E-state index contributed by atoms with van der Waals surface area (Å²) >= 11 is 0. The van der Waals surface area contributed by atoms with Crippen molar-refractivity contribution in [2.24, 2.45) is 39.9 Å². The molecule has 5 rings (SSSR count). The number of ether oxygens (including phenoxy) is 2. The fourth-order valence-corrected chi connectivity index (χ4v) is 10.00. The monoisotopic (exact) mass is 446 g/mol. The molecule has 5 fully saturated rings. The number of hydrogen-bond donors (Lipinski definition) is 1. The van der Waals surface area contributed by atoms with Gasteiger partial charge in [0.25, 0.3) is 0 Å². The van der Waals surface area contributed by atoms with Crippen molar-refractivity contribution in [3.05, 3.63) is 0 Å². The average molecular weight is 447 g/mol. The van der Waals surface area contributed by atoms with Crippen LogP contribution in [0, 0.1) is 39.9 Å². The third kappa shape index (κ3) is 3.02. The number of aliphatic hydroxyl groups excluding tert-OH is 1. The summed E-state index contributed by atoms with van der Waals surface area (Å²) in [5.41, 5.74) is -0.210. The second-order valence-electron chi connectivity index (χ2n) is 13.3. The van der Waals surface area contributed by atoms with E-state index in [-0.39, 0.29) is 52.0 Å². The summed E-state index contributed by atoms with van der Waals surface area (Å²) in [7, 11) is 0. The maximum atomic E-state index is 12.6. The van der Waals surface area contributed by atoms with Crippen LogP contribution in [0.4, 0.5) is 0 Å². The lowest BCUT2D eigenvalue weighted by molar-refractivity contribution is -0.234. The lowest BCUT2D eigenvalue weighted by Crippen LogP contribution is -2.64. The molecule has 5 heteroatoms. The highest BCUT2D eigenvalue weighted by Gasteiger charge is 2.69. The summed E-state index contributed by atoms with van der Waals surface area (Å²) in [6, 6.07) is 0. The predicted molar refractivity (Wildman–Crippen MR) is 121 cm³/mol. The van der Waals surface area contributed by atoms with Crippen LogP contribution in [0.3, 0.4) is 0 Å². The van der Waals surface area contributed by atoms with Gasteiger partial charge in [0.15, 0.2) is 0 Å². The number of Topliss-reactive ketones (excluding diaryl/α,β-unsaturated/α-hetero) is 1. The molecule has 5 nitrogen and oxygen atoms in total. The summed E-state index contributed by atoms with van der Waals surface area (Å²) in [6.45, 7) is 13.0. The Balaban J connectivity index is 1.52. The largest absolute Gasteiger partial charge is 0.462 e. The minimum atomic E-state index is -0.548. The van der Waals surface area contributed by atoms with Gasteiger partial charge in [0.2, 0.25) is 0 Å². The van der Waals surface area contributed by atoms with Gasteiger partial charge in [-0.05, 0) is 60.7 Å². The number of fused-ring (bicyclic) bond motifs is 6.